The smallest absolute Gasteiger partial charge is 0.264 e. The first kappa shape index (κ1) is 13.8. The second-order valence-corrected chi connectivity index (χ2v) is 6.50. The molecule has 0 aliphatic heterocycles. The number of sulfonamides is 1. The van der Waals surface area contributed by atoms with Crippen LogP contribution in [-0.4, -0.2) is 13.4 Å². The molecule has 0 aliphatic rings. The molecule has 0 saturated carbocycles. The summed E-state index contributed by atoms with van der Waals surface area (Å²) in [4.78, 5) is 3.84. The molecule has 19 heavy (non-hydrogen) atoms. The number of nitrogens with two attached hydrogens (primary N) is 1. The van der Waals surface area contributed by atoms with Crippen LogP contribution < -0.4 is 10.5 Å². The third-order valence-electron chi connectivity index (χ3n) is 2.63. The van der Waals surface area contributed by atoms with Crippen molar-refractivity contribution in [1.82, 2.24) is 4.98 Å². The van der Waals surface area contributed by atoms with Crippen molar-refractivity contribution in [3.8, 4) is 0 Å². The molecule has 0 unspecified atom stereocenters. The highest BCUT2D eigenvalue weighted by Gasteiger charge is 2.23. The van der Waals surface area contributed by atoms with Gasteiger partial charge in [-0.1, -0.05) is 0 Å². The minimum absolute atomic E-state index is 0.0124. The molecular formula is C11H12FN3O2S2. The van der Waals surface area contributed by atoms with Gasteiger partial charge in [0.25, 0.3) is 10.0 Å². The number of anilines is 2. The Morgan fingerprint density at radius 1 is 1.42 bits per heavy atom. The first-order valence-electron chi connectivity index (χ1n) is 5.30. The number of halogens is 1. The Hall–Kier alpha value is -1.67. The summed E-state index contributed by atoms with van der Waals surface area (Å²) < 4.78 is 40.3. The van der Waals surface area contributed by atoms with Crippen molar-refractivity contribution in [2.45, 2.75) is 18.7 Å². The molecule has 0 saturated heterocycles. The molecule has 0 bridgehead atoms. The second-order valence-electron chi connectivity index (χ2n) is 3.99. The first-order chi connectivity index (χ1) is 8.83. The van der Waals surface area contributed by atoms with Gasteiger partial charge in [-0.15, -0.1) is 11.3 Å². The van der Waals surface area contributed by atoms with Gasteiger partial charge in [-0.25, -0.2) is 17.8 Å². The summed E-state index contributed by atoms with van der Waals surface area (Å²) >= 11 is 1.16. The van der Waals surface area contributed by atoms with Crippen LogP contribution >= 0.6 is 11.3 Å². The fourth-order valence-corrected chi connectivity index (χ4v) is 4.06. The molecular weight excluding hydrogens is 289 g/mol. The van der Waals surface area contributed by atoms with Crippen LogP contribution in [0.4, 0.5) is 15.2 Å². The molecule has 0 amide bonds. The van der Waals surface area contributed by atoms with E-state index < -0.39 is 15.8 Å². The van der Waals surface area contributed by atoms with Crippen LogP contribution in [0.2, 0.25) is 0 Å². The van der Waals surface area contributed by atoms with Crippen LogP contribution in [0.15, 0.2) is 22.5 Å². The van der Waals surface area contributed by atoms with Gasteiger partial charge in [0.05, 0.1) is 10.6 Å². The number of thiazole rings is 1. The van der Waals surface area contributed by atoms with Gasteiger partial charge in [0.15, 0.2) is 5.13 Å². The summed E-state index contributed by atoms with van der Waals surface area (Å²) in [7, 11) is -3.83. The van der Waals surface area contributed by atoms with E-state index in [0.29, 0.717) is 5.56 Å². The average molecular weight is 301 g/mol. The van der Waals surface area contributed by atoms with Crippen molar-refractivity contribution in [3.63, 3.8) is 0 Å². The van der Waals surface area contributed by atoms with E-state index >= 15 is 0 Å². The lowest BCUT2D eigenvalue weighted by atomic mass is 10.1. The molecule has 2 rings (SSSR count). The zero-order chi connectivity index (χ0) is 14.2. The van der Waals surface area contributed by atoms with Crippen molar-refractivity contribution in [2.24, 2.45) is 0 Å². The summed E-state index contributed by atoms with van der Waals surface area (Å²) in [5.41, 5.74) is 5.87. The molecule has 102 valence electrons. The van der Waals surface area contributed by atoms with Crippen LogP contribution in [0.25, 0.3) is 0 Å². The lowest BCUT2D eigenvalue weighted by Gasteiger charge is -2.13. The minimum Gasteiger partial charge on any atom is -0.396 e. The number of nitrogens with zero attached hydrogens (tertiary/aromatic N) is 1. The molecule has 0 atom stereocenters. The van der Waals surface area contributed by atoms with E-state index in [9.17, 15) is 12.8 Å². The van der Waals surface area contributed by atoms with Crippen LogP contribution in [0.1, 0.15) is 11.1 Å². The number of hydrogen-bond donors (Lipinski definition) is 2. The Labute approximate surface area is 114 Å². The van der Waals surface area contributed by atoms with Gasteiger partial charge >= 0.3 is 0 Å². The molecule has 0 radical (unpaired) electrons. The van der Waals surface area contributed by atoms with Crippen LogP contribution in [-0.2, 0) is 10.0 Å². The second kappa shape index (κ2) is 4.78. The van der Waals surface area contributed by atoms with Gasteiger partial charge in [-0.2, -0.15) is 0 Å². The monoisotopic (exact) mass is 301 g/mol. The van der Waals surface area contributed by atoms with E-state index in [2.05, 4.69) is 9.71 Å². The zero-order valence-electron chi connectivity index (χ0n) is 10.3. The van der Waals surface area contributed by atoms with Gasteiger partial charge in [0, 0.05) is 11.6 Å². The van der Waals surface area contributed by atoms with Gasteiger partial charge in [0.1, 0.15) is 5.82 Å². The zero-order valence-corrected chi connectivity index (χ0v) is 11.9. The standard InChI is InChI=1S/C11H12FN3O2S2/c1-6-5-8(12)9(13)7(2)10(6)19(16,17)15-11-14-3-4-18-11/h3-5H,13H2,1-2H3,(H,14,15). The lowest BCUT2D eigenvalue weighted by Crippen LogP contribution is -2.17. The van der Waals surface area contributed by atoms with Gasteiger partial charge in [-0.05, 0) is 31.0 Å². The van der Waals surface area contributed by atoms with Crippen LogP contribution in [0, 0.1) is 19.7 Å². The number of nitrogen functional groups attached to an aromatic ring is 1. The summed E-state index contributed by atoms with van der Waals surface area (Å²) in [6.45, 7) is 2.99. The maximum absolute atomic E-state index is 13.4. The summed E-state index contributed by atoms with van der Waals surface area (Å²) in [6, 6.07) is 1.11. The topological polar surface area (TPSA) is 85.1 Å². The van der Waals surface area contributed by atoms with E-state index in [1.54, 1.807) is 5.38 Å². The Morgan fingerprint density at radius 3 is 2.68 bits per heavy atom. The van der Waals surface area contributed by atoms with Crippen LogP contribution in [0.5, 0.6) is 0 Å². The highest BCUT2D eigenvalue weighted by molar-refractivity contribution is 7.93. The van der Waals surface area contributed by atoms with Gasteiger partial charge < -0.3 is 5.73 Å². The Bertz CT molecular complexity index is 712. The molecule has 2 aromatic rings. The molecule has 8 heteroatoms. The van der Waals surface area contributed by atoms with Crippen molar-refractivity contribution in [1.29, 1.82) is 0 Å². The van der Waals surface area contributed by atoms with Crippen molar-refractivity contribution < 1.29 is 12.8 Å². The molecule has 1 heterocycles. The van der Waals surface area contributed by atoms with E-state index in [1.165, 1.54) is 20.0 Å². The number of nitrogens with one attached hydrogen (secondary N) is 1. The highest BCUT2D eigenvalue weighted by atomic mass is 32.2. The Kier molecular flexibility index (Phi) is 3.46. The normalized spacial score (nSPS) is 11.5. The summed E-state index contributed by atoms with van der Waals surface area (Å²) in [5, 5.41) is 1.90. The third-order valence-corrected chi connectivity index (χ3v) is 5.07. The average Bonchev–Trinajstić information content (AvgIpc) is 2.77. The molecule has 0 aliphatic carbocycles. The number of aryl methyl sites for hydroxylation is 1. The largest absolute Gasteiger partial charge is 0.396 e. The van der Waals surface area contributed by atoms with Crippen molar-refractivity contribution in [2.75, 3.05) is 10.5 Å². The molecule has 0 spiro atoms. The number of rotatable bonds is 3. The number of hydrogen-bond acceptors (Lipinski definition) is 5. The van der Waals surface area contributed by atoms with Gasteiger partial charge in [0.2, 0.25) is 0 Å². The maximum Gasteiger partial charge on any atom is 0.264 e. The quantitative estimate of drug-likeness (QED) is 0.852. The fraction of sp³-hybridized carbons (Fsp3) is 0.182. The van der Waals surface area contributed by atoms with E-state index in [4.69, 9.17) is 5.73 Å². The van der Waals surface area contributed by atoms with Gasteiger partial charge in [-0.3, -0.25) is 4.72 Å². The molecule has 5 nitrogen and oxygen atoms in total. The molecule has 1 aromatic carbocycles. The first-order valence-corrected chi connectivity index (χ1v) is 7.66. The van der Waals surface area contributed by atoms with E-state index in [-0.39, 0.29) is 21.3 Å². The predicted molar refractivity (Wildman–Crippen MR) is 73.2 cm³/mol. The SMILES string of the molecule is Cc1cc(F)c(N)c(C)c1S(=O)(=O)Nc1nccs1. The van der Waals surface area contributed by atoms with Crippen LogP contribution in [0.3, 0.4) is 0 Å². The third kappa shape index (κ3) is 2.54. The minimum atomic E-state index is -3.83. The summed E-state index contributed by atoms with van der Waals surface area (Å²) in [6.07, 6.45) is 1.49. The highest BCUT2D eigenvalue weighted by Crippen LogP contribution is 2.29. The predicted octanol–water partition coefficient (Wildman–Crippen LogP) is 2.28. The molecule has 3 N–H and O–H groups in total. The lowest BCUT2D eigenvalue weighted by molar-refractivity contribution is 0.598. The maximum atomic E-state index is 13.4. The molecule has 0 fully saturated rings. The fourth-order valence-electron chi connectivity index (χ4n) is 1.78. The molecule has 1 aromatic heterocycles. The Balaban J connectivity index is 2.55. The number of aromatic nitrogens is 1. The Morgan fingerprint density at radius 2 is 2.11 bits per heavy atom. The van der Waals surface area contributed by atoms with Crippen molar-refractivity contribution >= 4 is 32.2 Å². The number of benzene rings is 1. The summed E-state index contributed by atoms with van der Waals surface area (Å²) in [5.74, 6) is -0.622. The van der Waals surface area contributed by atoms with Crippen molar-refractivity contribution in [3.05, 3.63) is 34.6 Å². The van der Waals surface area contributed by atoms with E-state index in [1.807, 2.05) is 0 Å². The van der Waals surface area contributed by atoms with E-state index in [0.717, 1.165) is 17.4 Å².